The van der Waals surface area contributed by atoms with Crippen molar-refractivity contribution < 1.29 is 19.4 Å². The summed E-state index contributed by atoms with van der Waals surface area (Å²) in [5.74, 6) is 0.261. The Morgan fingerprint density at radius 2 is 1.53 bits per heavy atom. The van der Waals surface area contributed by atoms with Gasteiger partial charge >= 0.3 is 5.97 Å². The number of unbranched alkanes of at least 4 members (excludes halogenated alkanes) is 2. The second-order valence-corrected chi connectivity index (χ2v) is 13.0. The highest BCUT2D eigenvalue weighted by Crippen LogP contribution is 2.34. The van der Waals surface area contributed by atoms with Crippen LogP contribution >= 0.6 is 0 Å². The number of piperidine rings is 1. The SMILES string of the molecule is CCCC(=O)Oc1cc(C(C)(C)C)ccc1C(O)CCCCCN1CCC(OC(c2ccccc2)c2ccccc2)CC1. The van der Waals surface area contributed by atoms with E-state index in [-0.39, 0.29) is 23.6 Å². The first-order valence-electron chi connectivity index (χ1n) is 16.3. The molecular formula is C38H51NO4. The summed E-state index contributed by atoms with van der Waals surface area (Å²) in [5.41, 5.74) is 4.14. The molecule has 1 atom stereocenters. The number of aliphatic hydroxyl groups excluding tert-OH is 1. The molecule has 5 heteroatoms. The second-order valence-electron chi connectivity index (χ2n) is 13.0. The Hall–Kier alpha value is -2.99. The average molecular weight is 586 g/mol. The number of ether oxygens (including phenoxy) is 2. The number of benzene rings is 3. The summed E-state index contributed by atoms with van der Waals surface area (Å²) in [4.78, 5) is 14.8. The molecule has 1 aliphatic rings. The van der Waals surface area contributed by atoms with Gasteiger partial charge in [0, 0.05) is 25.1 Å². The van der Waals surface area contributed by atoms with Gasteiger partial charge in [-0.05, 0) is 66.8 Å². The normalized spacial score (nSPS) is 15.5. The van der Waals surface area contributed by atoms with Gasteiger partial charge in [0.05, 0.1) is 12.2 Å². The van der Waals surface area contributed by atoms with Crippen molar-refractivity contribution in [3.8, 4) is 5.75 Å². The summed E-state index contributed by atoms with van der Waals surface area (Å²) < 4.78 is 12.4. The molecule has 4 rings (SSSR count). The van der Waals surface area contributed by atoms with Crippen molar-refractivity contribution in [3.05, 3.63) is 101 Å². The monoisotopic (exact) mass is 585 g/mol. The van der Waals surface area contributed by atoms with E-state index in [2.05, 4.69) is 86.3 Å². The Balaban J connectivity index is 1.21. The number of rotatable bonds is 14. The molecule has 0 aliphatic carbocycles. The van der Waals surface area contributed by atoms with Crippen LogP contribution in [0.3, 0.4) is 0 Å². The van der Waals surface area contributed by atoms with E-state index in [0.29, 0.717) is 24.2 Å². The van der Waals surface area contributed by atoms with Crippen LogP contribution in [0.5, 0.6) is 5.75 Å². The maximum Gasteiger partial charge on any atom is 0.311 e. The van der Waals surface area contributed by atoms with Gasteiger partial charge in [0.1, 0.15) is 11.9 Å². The van der Waals surface area contributed by atoms with Crippen molar-refractivity contribution in [2.24, 2.45) is 0 Å². The van der Waals surface area contributed by atoms with E-state index in [0.717, 1.165) is 63.7 Å². The van der Waals surface area contributed by atoms with Crippen molar-refractivity contribution in [1.29, 1.82) is 0 Å². The van der Waals surface area contributed by atoms with Gasteiger partial charge in [0.2, 0.25) is 0 Å². The fourth-order valence-corrected chi connectivity index (χ4v) is 5.81. The third-order valence-corrected chi connectivity index (χ3v) is 8.44. The summed E-state index contributed by atoms with van der Waals surface area (Å²) in [5, 5.41) is 11.0. The van der Waals surface area contributed by atoms with Gasteiger partial charge in [-0.1, -0.05) is 113 Å². The van der Waals surface area contributed by atoms with Gasteiger partial charge in [-0.2, -0.15) is 0 Å². The third kappa shape index (κ3) is 10.0. The molecule has 1 heterocycles. The standard InChI is InChI=1S/C38H51NO4/c1-5-15-36(41)43-35-28-31(38(2,3)4)21-22-33(35)34(40)20-13-8-14-25-39-26-23-32(24-27-39)42-37(29-16-9-6-10-17-29)30-18-11-7-12-19-30/h6-7,9-12,16-19,21-22,28,32,34,37,40H,5,8,13-15,20,23-27H2,1-4H3. The average Bonchev–Trinajstić information content (AvgIpc) is 3.01. The lowest BCUT2D eigenvalue weighted by Gasteiger charge is -2.34. The Kier molecular flexibility index (Phi) is 12.4. The molecule has 0 radical (unpaired) electrons. The molecule has 0 spiro atoms. The van der Waals surface area contributed by atoms with E-state index in [4.69, 9.17) is 9.47 Å². The lowest BCUT2D eigenvalue weighted by Crippen LogP contribution is -2.38. The molecule has 1 N–H and O–H groups in total. The maximum absolute atomic E-state index is 12.3. The van der Waals surface area contributed by atoms with Crippen molar-refractivity contribution in [2.75, 3.05) is 19.6 Å². The van der Waals surface area contributed by atoms with Crippen LogP contribution in [-0.2, 0) is 14.9 Å². The molecule has 3 aromatic carbocycles. The van der Waals surface area contributed by atoms with Crippen molar-refractivity contribution in [3.63, 3.8) is 0 Å². The van der Waals surface area contributed by atoms with Crippen LogP contribution < -0.4 is 4.74 Å². The number of likely N-dealkylation sites (tertiary alicyclic amines) is 1. The van der Waals surface area contributed by atoms with Crippen LogP contribution in [0.2, 0.25) is 0 Å². The third-order valence-electron chi connectivity index (χ3n) is 8.44. The fourth-order valence-electron chi connectivity index (χ4n) is 5.81. The molecule has 5 nitrogen and oxygen atoms in total. The van der Waals surface area contributed by atoms with Crippen LogP contribution in [0.25, 0.3) is 0 Å². The molecule has 3 aromatic rings. The van der Waals surface area contributed by atoms with Gasteiger partial charge in [-0.3, -0.25) is 4.79 Å². The van der Waals surface area contributed by atoms with Crippen molar-refractivity contribution in [1.82, 2.24) is 4.90 Å². The van der Waals surface area contributed by atoms with Gasteiger partial charge in [0.25, 0.3) is 0 Å². The van der Waals surface area contributed by atoms with Crippen molar-refractivity contribution in [2.45, 2.75) is 103 Å². The van der Waals surface area contributed by atoms with Gasteiger partial charge < -0.3 is 19.5 Å². The zero-order chi connectivity index (χ0) is 30.7. The summed E-state index contributed by atoms with van der Waals surface area (Å²) in [6, 6.07) is 27.0. The smallest absolute Gasteiger partial charge is 0.311 e. The number of carbonyl (C=O) groups excluding carboxylic acids is 1. The zero-order valence-corrected chi connectivity index (χ0v) is 26.6. The van der Waals surface area contributed by atoms with Gasteiger partial charge in [0.15, 0.2) is 0 Å². The van der Waals surface area contributed by atoms with Crippen molar-refractivity contribution >= 4 is 5.97 Å². The minimum absolute atomic E-state index is 0.0364. The van der Waals surface area contributed by atoms with E-state index in [9.17, 15) is 9.90 Å². The van der Waals surface area contributed by atoms with Crippen LogP contribution in [-0.4, -0.2) is 41.7 Å². The highest BCUT2D eigenvalue weighted by molar-refractivity contribution is 5.73. The number of carbonyl (C=O) groups is 1. The number of nitrogens with zero attached hydrogens (tertiary/aromatic N) is 1. The van der Waals surface area contributed by atoms with Crippen LogP contribution in [0.15, 0.2) is 78.9 Å². The number of aliphatic hydroxyl groups is 1. The summed E-state index contributed by atoms with van der Waals surface area (Å²) in [6.45, 7) is 11.6. The molecule has 0 amide bonds. The van der Waals surface area contributed by atoms with E-state index in [1.807, 2.05) is 25.1 Å². The van der Waals surface area contributed by atoms with E-state index in [1.54, 1.807) is 0 Å². The molecule has 232 valence electrons. The maximum atomic E-state index is 12.3. The minimum atomic E-state index is -0.645. The lowest BCUT2D eigenvalue weighted by atomic mass is 9.85. The predicted octanol–water partition coefficient (Wildman–Crippen LogP) is 8.55. The van der Waals surface area contributed by atoms with E-state index in [1.165, 1.54) is 11.1 Å². The Bertz CT molecular complexity index is 1210. The highest BCUT2D eigenvalue weighted by atomic mass is 16.5. The minimum Gasteiger partial charge on any atom is -0.426 e. The molecule has 43 heavy (non-hydrogen) atoms. The van der Waals surface area contributed by atoms with Gasteiger partial charge in [-0.25, -0.2) is 0 Å². The molecule has 1 fully saturated rings. The van der Waals surface area contributed by atoms with Crippen LogP contribution in [0.4, 0.5) is 0 Å². The van der Waals surface area contributed by atoms with Crippen LogP contribution in [0, 0.1) is 0 Å². The predicted molar refractivity (Wildman–Crippen MR) is 174 cm³/mol. The summed E-state index contributed by atoms with van der Waals surface area (Å²) >= 11 is 0. The first-order valence-corrected chi connectivity index (χ1v) is 16.3. The molecular weight excluding hydrogens is 534 g/mol. The molecule has 0 bridgehead atoms. The quantitative estimate of drug-likeness (QED) is 0.117. The lowest BCUT2D eigenvalue weighted by molar-refractivity contribution is -0.134. The molecule has 1 saturated heterocycles. The Morgan fingerprint density at radius 3 is 2.12 bits per heavy atom. The zero-order valence-electron chi connectivity index (χ0n) is 26.6. The summed E-state index contributed by atoms with van der Waals surface area (Å²) in [7, 11) is 0. The first-order chi connectivity index (χ1) is 20.7. The molecule has 0 saturated carbocycles. The van der Waals surface area contributed by atoms with E-state index >= 15 is 0 Å². The van der Waals surface area contributed by atoms with Crippen LogP contribution in [0.1, 0.15) is 114 Å². The van der Waals surface area contributed by atoms with E-state index < -0.39 is 6.10 Å². The first kappa shape index (κ1) is 32.9. The molecule has 1 unspecified atom stereocenters. The van der Waals surface area contributed by atoms with Gasteiger partial charge in [-0.15, -0.1) is 0 Å². The second kappa shape index (κ2) is 16.2. The fraction of sp³-hybridized carbons (Fsp3) is 0.500. The number of esters is 1. The number of hydrogen-bond acceptors (Lipinski definition) is 5. The summed E-state index contributed by atoms with van der Waals surface area (Å²) in [6.07, 6.45) is 6.52. The molecule has 0 aromatic heterocycles. The largest absolute Gasteiger partial charge is 0.426 e. The number of hydrogen-bond donors (Lipinski definition) is 1. The Morgan fingerprint density at radius 1 is 0.907 bits per heavy atom. The highest BCUT2D eigenvalue weighted by Gasteiger charge is 2.25. The Labute approximate surface area is 259 Å². The molecule has 1 aliphatic heterocycles. The topological polar surface area (TPSA) is 59.0 Å².